The normalized spacial score (nSPS) is 12.9. The maximum absolute atomic E-state index is 12.7. The molecule has 0 radical (unpaired) electrons. The Hall–Kier alpha value is -3.14. The highest BCUT2D eigenvalue weighted by Gasteiger charge is 2.30. The summed E-state index contributed by atoms with van der Waals surface area (Å²) < 4.78 is 42.8. The minimum absolute atomic E-state index is 0.00226. The van der Waals surface area contributed by atoms with Gasteiger partial charge in [0.05, 0.1) is 18.7 Å². The molecule has 0 aliphatic carbocycles. The Bertz CT molecular complexity index is 838. The van der Waals surface area contributed by atoms with E-state index in [2.05, 4.69) is 9.73 Å². The zero-order valence-corrected chi connectivity index (χ0v) is 14.5. The van der Waals surface area contributed by atoms with Gasteiger partial charge < -0.3 is 4.74 Å². The Morgan fingerprint density at radius 1 is 1.15 bits per heavy atom. The number of hydrogen-bond acceptors (Lipinski definition) is 4. The fraction of sp³-hybridized carbons (Fsp3) is 0.250. The quantitative estimate of drug-likeness (QED) is 0.543. The SMILES string of the molecule is COC(=O)CC[C@@H](N=C(C#N)c1ccc(C(F)(F)F)cc1)c1ccccc1. The number of methoxy groups -OCH3 is 1. The number of nitrogens with zero attached hydrogens (tertiary/aromatic N) is 2. The number of carbonyl (C=O) groups excluding carboxylic acids is 1. The first-order valence-corrected chi connectivity index (χ1v) is 8.12. The molecule has 0 bridgehead atoms. The van der Waals surface area contributed by atoms with E-state index in [-0.39, 0.29) is 17.7 Å². The third kappa shape index (κ3) is 5.68. The highest BCUT2D eigenvalue weighted by molar-refractivity contribution is 6.11. The molecule has 0 unspecified atom stereocenters. The van der Waals surface area contributed by atoms with Gasteiger partial charge in [0.15, 0.2) is 0 Å². The molecule has 0 saturated carbocycles. The molecule has 0 aliphatic rings. The summed E-state index contributed by atoms with van der Waals surface area (Å²) in [5, 5.41) is 9.43. The Labute approximate surface area is 154 Å². The predicted octanol–water partition coefficient (Wildman–Crippen LogP) is 4.71. The van der Waals surface area contributed by atoms with Crippen molar-refractivity contribution in [2.24, 2.45) is 4.99 Å². The minimum Gasteiger partial charge on any atom is -0.469 e. The van der Waals surface area contributed by atoms with Crippen LogP contribution in [0, 0.1) is 11.3 Å². The third-order valence-electron chi connectivity index (χ3n) is 3.91. The van der Waals surface area contributed by atoms with E-state index in [4.69, 9.17) is 0 Å². The lowest BCUT2D eigenvalue weighted by Crippen LogP contribution is -2.08. The molecule has 0 amide bonds. The van der Waals surface area contributed by atoms with Crippen LogP contribution in [0.2, 0.25) is 0 Å². The number of hydrogen-bond donors (Lipinski definition) is 0. The first kappa shape index (κ1) is 20.2. The van der Waals surface area contributed by atoms with Crippen molar-refractivity contribution in [3.05, 3.63) is 71.3 Å². The molecular formula is C20H17F3N2O2. The first-order valence-electron chi connectivity index (χ1n) is 8.12. The molecule has 0 heterocycles. The van der Waals surface area contributed by atoms with Crippen molar-refractivity contribution in [3.63, 3.8) is 0 Å². The molecule has 27 heavy (non-hydrogen) atoms. The number of esters is 1. The van der Waals surface area contributed by atoms with Gasteiger partial charge in [-0.2, -0.15) is 18.4 Å². The largest absolute Gasteiger partial charge is 0.469 e. The highest BCUT2D eigenvalue weighted by Crippen LogP contribution is 2.29. The van der Waals surface area contributed by atoms with Crippen LogP contribution in [-0.4, -0.2) is 18.8 Å². The summed E-state index contributed by atoms with van der Waals surface area (Å²) >= 11 is 0. The van der Waals surface area contributed by atoms with E-state index in [1.54, 1.807) is 12.1 Å². The molecule has 0 saturated heterocycles. The topological polar surface area (TPSA) is 62.4 Å². The summed E-state index contributed by atoms with van der Waals surface area (Å²) in [7, 11) is 1.28. The summed E-state index contributed by atoms with van der Waals surface area (Å²) in [5.41, 5.74) is 0.279. The summed E-state index contributed by atoms with van der Waals surface area (Å²) in [6, 6.07) is 14.7. The molecule has 0 fully saturated rings. The van der Waals surface area contributed by atoms with Gasteiger partial charge in [0, 0.05) is 12.0 Å². The lowest BCUT2D eigenvalue weighted by molar-refractivity contribution is -0.141. The molecule has 140 valence electrons. The summed E-state index contributed by atoms with van der Waals surface area (Å²) in [4.78, 5) is 15.9. The zero-order valence-electron chi connectivity index (χ0n) is 14.5. The van der Waals surface area contributed by atoms with Crippen molar-refractivity contribution in [1.29, 1.82) is 5.26 Å². The fourth-order valence-corrected chi connectivity index (χ4v) is 2.48. The third-order valence-corrected chi connectivity index (χ3v) is 3.91. The number of alkyl halides is 3. The van der Waals surface area contributed by atoms with Crippen LogP contribution < -0.4 is 0 Å². The molecule has 7 heteroatoms. The Balaban J connectivity index is 2.34. The van der Waals surface area contributed by atoms with E-state index in [1.165, 1.54) is 19.2 Å². The molecule has 2 rings (SSSR count). The smallest absolute Gasteiger partial charge is 0.416 e. The molecule has 0 spiro atoms. The van der Waals surface area contributed by atoms with Gasteiger partial charge in [-0.25, -0.2) is 0 Å². The van der Waals surface area contributed by atoms with E-state index in [0.717, 1.165) is 17.7 Å². The Morgan fingerprint density at radius 2 is 1.78 bits per heavy atom. The van der Waals surface area contributed by atoms with E-state index < -0.39 is 23.8 Å². The second kappa shape index (κ2) is 8.99. The van der Waals surface area contributed by atoms with Crippen LogP contribution in [0.15, 0.2) is 59.6 Å². The van der Waals surface area contributed by atoms with E-state index >= 15 is 0 Å². The number of carbonyl (C=O) groups is 1. The number of halogens is 3. The number of benzene rings is 2. The molecular weight excluding hydrogens is 357 g/mol. The van der Waals surface area contributed by atoms with Gasteiger partial charge in [0.25, 0.3) is 0 Å². The maximum atomic E-state index is 12.7. The number of nitriles is 1. The average molecular weight is 374 g/mol. The van der Waals surface area contributed by atoms with Gasteiger partial charge in [-0.15, -0.1) is 0 Å². The highest BCUT2D eigenvalue weighted by atomic mass is 19.4. The van der Waals surface area contributed by atoms with Gasteiger partial charge in [-0.3, -0.25) is 9.79 Å². The Kier molecular flexibility index (Phi) is 6.72. The average Bonchev–Trinajstić information content (AvgIpc) is 2.68. The maximum Gasteiger partial charge on any atom is 0.416 e. The van der Waals surface area contributed by atoms with Gasteiger partial charge >= 0.3 is 12.1 Å². The number of aliphatic imine (C=N–C) groups is 1. The fourth-order valence-electron chi connectivity index (χ4n) is 2.48. The minimum atomic E-state index is -4.45. The molecule has 0 aliphatic heterocycles. The molecule has 1 atom stereocenters. The van der Waals surface area contributed by atoms with Crippen molar-refractivity contribution in [3.8, 4) is 6.07 Å². The molecule has 2 aromatic rings. The Morgan fingerprint density at radius 3 is 2.30 bits per heavy atom. The molecule has 0 aromatic heterocycles. The van der Waals surface area contributed by atoms with Crippen LogP contribution >= 0.6 is 0 Å². The van der Waals surface area contributed by atoms with Gasteiger partial charge in [-0.05, 0) is 24.1 Å². The van der Waals surface area contributed by atoms with Crippen molar-refractivity contribution < 1.29 is 22.7 Å². The zero-order chi connectivity index (χ0) is 19.9. The van der Waals surface area contributed by atoms with E-state index in [0.29, 0.717) is 6.42 Å². The van der Waals surface area contributed by atoms with Crippen molar-refractivity contribution >= 4 is 11.7 Å². The van der Waals surface area contributed by atoms with Gasteiger partial charge in [0.2, 0.25) is 0 Å². The van der Waals surface area contributed by atoms with Crippen LogP contribution in [0.5, 0.6) is 0 Å². The molecule has 4 nitrogen and oxygen atoms in total. The second-order valence-electron chi connectivity index (χ2n) is 5.71. The van der Waals surface area contributed by atoms with E-state index in [9.17, 15) is 23.2 Å². The van der Waals surface area contributed by atoms with Crippen molar-refractivity contribution in [1.82, 2.24) is 0 Å². The molecule has 0 N–H and O–H groups in total. The second-order valence-corrected chi connectivity index (χ2v) is 5.71. The number of rotatable bonds is 6. The van der Waals surface area contributed by atoms with Crippen LogP contribution in [0.1, 0.15) is 35.6 Å². The lowest BCUT2D eigenvalue weighted by atomic mass is 10.0. The summed E-state index contributed by atoms with van der Waals surface area (Å²) in [6.07, 6.45) is -4.04. The van der Waals surface area contributed by atoms with Crippen molar-refractivity contribution in [2.45, 2.75) is 25.1 Å². The van der Waals surface area contributed by atoms with Gasteiger partial charge in [0.1, 0.15) is 11.8 Å². The van der Waals surface area contributed by atoms with Crippen LogP contribution in [0.4, 0.5) is 13.2 Å². The first-order chi connectivity index (χ1) is 12.8. The standard InChI is InChI=1S/C20H17F3N2O2/c1-27-19(26)12-11-17(14-5-3-2-4-6-14)25-18(13-24)15-7-9-16(10-8-15)20(21,22)23/h2-10,17H,11-12H2,1H3/t17-/m1/s1. The van der Waals surface area contributed by atoms with Gasteiger partial charge in [-0.1, -0.05) is 42.5 Å². The van der Waals surface area contributed by atoms with Crippen LogP contribution in [0.25, 0.3) is 0 Å². The summed E-state index contributed by atoms with van der Waals surface area (Å²) in [5.74, 6) is -0.404. The van der Waals surface area contributed by atoms with Crippen LogP contribution in [0.3, 0.4) is 0 Å². The van der Waals surface area contributed by atoms with Crippen molar-refractivity contribution in [2.75, 3.05) is 7.11 Å². The summed E-state index contributed by atoms with van der Waals surface area (Å²) in [6.45, 7) is 0. The molecule has 2 aromatic carbocycles. The van der Waals surface area contributed by atoms with E-state index in [1.807, 2.05) is 24.3 Å². The lowest BCUT2D eigenvalue weighted by Gasteiger charge is -2.14. The predicted molar refractivity (Wildman–Crippen MR) is 94.0 cm³/mol. The number of ether oxygens (including phenoxy) is 1. The van der Waals surface area contributed by atoms with Crippen LogP contribution in [-0.2, 0) is 15.7 Å². The monoisotopic (exact) mass is 374 g/mol.